The van der Waals surface area contributed by atoms with E-state index >= 15 is 0 Å². The highest BCUT2D eigenvalue weighted by atomic mass is 35.5. The summed E-state index contributed by atoms with van der Waals surface area (Å²) in [6, 6.07) is 15.6. The number of esters is 1. The van der Waals surface area contributed by atoms with E-state index in [9.17, 15) is 10.1 Å². The van der Waals surface area contributed by atoms with E-state index in [1.807, 2.05) is 6.07 Å². The molecule has 9 nitrogen and oxygen atoms in total. The Morgan fingerprint density at radius 1 is 1.16 bits per heavy atom. The minimum absolute atomic E-state index is 0.0493. The Kier molecular flexibility index (Phi) is 6.98. The van der Waals surface area contributed by atoms with Gasteiger partial charge in [-0.25, -0.2) is 4.79 Å². The van der Waals surface area contributed by atoms with Gasteiger partial charge >= 0.3 is 5.97 Å². The molecule has 0 aliphatic rings. The number of rotatable bonds is 7. The van der Waals surface area contributed by atoms with E-state index in [-0.39, 0.29) is 29.9 Å². The molecule has 0 aliphatic heterocycles. The molecule has 0 unspecified atom stereocenters. The van der Waals surface area contributed by atoms with Crippen LogP contribution in [-0.4, -0.2) is 28.0 Å². The summed E-state index contributed by atoms with van der Waals surface area (Å²) in [7, 11) is 1.55. The Hall–Kier alpha value is -4.16. The quantitative estimate of drug-likeness (QED) is 0.323. The van der Waals surface area contributed by atoms with Crippen LogP contribution in [0.25, 0.3) is 6.08 Å². The van der Waals surface area contributed by atoms with Crippen LogP contribution in [0.3, 0.4) is 0 Å². The fourth-order valence-corrected chi connectivity index (χ4v) is 2.56. The molecular weight excluding hydrogens is 420 g/mol. The molecule has 3 aromatic rings. The van der Waals surface area contributed by atoms with Crippen LogP contribution in [0.15, 0.2) is 54.1 Å². The number of nitrogens with zero attached hydrogens (tertiary/aromatic N) is 4. The van der Waals surface area contributed by atoms with Crippen molar-refractivity contribution in [2.24, 2.45) is 0 Å². The van der Waals surface area contributed by atoms with Crippen LogP contribution in [0.4, 0.5) is 17.6 Å². The maximum atomic E-state index is 12.3. The fraction of sp³-hybridized carbons (Fsp3) is 0.0952. The minimum Gasteiger partial charge on any atom is -0.497 e. The number of nitriles is 1. The number of ether oxygens (including phenoxy) is 2. The molecule has 10 heteroatoms. The third-order valence-electron chi connectivity index (χ3n) is 3.90. The van der Waals surface area contributed by atoms with E-state index in [4.69, 9.17) is 26.8 Å². The van der Waals surface area contributed by atoms with Crippen molar-refractivity contribution in [3.63, 3.8) is 0 Å². The molecule has 3 N–H and O–H groups in total. The van der Waals surface area contributed by atoms with Gasteiger partial charge < -0.3 is 20.5 Å². The largest absolute Gasteiger partial charge is 0.497 e. The van der Waals surface area contributed by atoms with Crippen LogP contribution >= 0.6 is 11.6 Å². The summed E-state index contributed by atoms with van der Waals surface area (Å²) in [4.78, 5) is 24.4. The lowest BCUT2D eigenvalue weighted by Crippen LogP contribution is -2.12. The second kappa shape index (κ2) is 10.0. The molecule has 0 fully saturated rings. The first-order chi connectivity index (χ1) is 15.0. The van der Waals surface area contributed by atoms with Crippen LogP contribution in [0.2, 0.25) is 5.02 Å². The van der Waals surface area contributed by atoms with Crippen LogP contribution in [0.5, 0.6) is 5.75 Å². The molecule has 0 radical (unpaired) electrons. The molecule has 3 rings (SSSR count). The van der Waals surface area contributed by atoms with E-state index in [0.717, 1.165) is 0 Å². The van der Waals surface area contributed by atoms with Gasteiger partial charge in [-0.05, 0) is 48.0 Å². The van der Waals surface area contributed by atoms with Gasteiger partial charge in [-0.2, -0.15) is 20.2 Å². The standard InChI is InChI=1S/C21H17ClN6O3/c1-30-17-8-2-13(3-9-17)10-14(11-23)19(29)31-12-18-26-20(24)28-21(27-18)25-16-6-4-15(22)5-7-16/h2-10H,12H2,1H3,(H3,24,25,26,27,28)/b14-10+. The van der Waals surface area contributed by atoms with E-state index in [1.165, 1.54) is 6.08 Å². The van der Waals surface area contributed by atoms with Crippen molar-refractivity contribution >= 4 is 41.2 Å². The number of halogens is 1. The van der Waals surface area contributed by atoms with Gasteiger partial charge in [-0.1, -0.05) is 23.7 Å². The number of nitrogens with one attached hydrogen (secondary N) is 1. The second-order valence-electron chi connectivity index (χ2n) is 6.08. The van der Waals surface area contributed by atoms with Crippen molar-refractivity contribution in [2.75, 3.05) is 18.2 Å². The number of benzene rings is 2. The monoisotopic (exact) mass is 436 g/mol. The number of anilines is 3. The average Bonchev–Trinajstić information content (AvgIpc) is 2.77. The van der Waals surface area contributed by atoms with Crippen LogP contribution < -0.4 is 15.8 Å². The highest BCUT2D eigenvalue weighted by Gasteiger charge is 2.13. The molecule has 0 saturated heterocycles. The van der Waals surface area contributed by atoms with Crippen LogP contribution in [-0.2, 0) is 16.1 Å². The van der Waals surface area contributed by atoms with E-state index in [0.29, 0.717) is 22.0 Å². The summed E-state index contributed by atoms with van der Waals surface area (Å²) in [6.45, 7) is -0.289. The Morgan fingerprint density at radius 3 is 2.52 bits per heavy atom. The van der Waals surface area contributed by atoms with Crippen molar-refractivity contribution in [1.29, 1.82) is 5.26 Å². The molecule has 0 amide bonds. The predicted molar refractivity (Wildman–Crippen MR) is 115 cm³/mol. The SMILES string of the molecule is COc1ccc(/C=C(\C#N)C(=O)OCc2nc(N)nc(Nc3ccc(Cl)cc3)n2)cc1. The lowest BCUT2D eigenvalue weighted by molar-refractivity contribution is -0.139. The summed E-state index contributed by atoms with van der Waals surface area (Å²) in [6.07, 6.45) is 1.41. The minimum atomic E-state index is -0.815. The summed E-state index contributed by atoms with van der Waals surface area (Å²) < 4.78 is 10.2. The van der Waals surface area contributed by atoms with Gasteiger partial charge in [0.2, 0.25) is 11.9 Å². The number of nitrogen functional groups attached to an aromatic ring is 1. The molecular formula is C21H17ClN6O3. The summed E-state index contributed by atoms with van der Waals surface area (Å²) in [5.74, 6) is 0.0965. The summed E-state index contributed by atoms with van der Waals surface area (Å²) in [5.41, 5.74) is 6.88. The lowest BCUT2D eigenvalue weighted by Gasteiger charge is -2.08. The highest BCUT2D eigenvalue weighted by Crippen LogP contribution is 2.18. The Labute approximate surface area is 183 Å². The van der Waals surface area contributed by atoms with Gasteiger partial charge in [0.1, 0.15) is 17.4 Å². The zero-order chi connectivity index (χ0) is 22.2. The highest BCUT2D eigenvalue weighted by molar-refractivity contribution is 6.30. The smallest absolute Gasteiger partial charge is 0.349 e. The number of nitrogens with two attached hydrogens (primary N) is 1. The molecule has 2 aromatic carbocycles. The van der Waals surface area contributed by atoms with Crippen molar-refractivity contribution in [1.82, 2.24) is 15.0 Å². The van der Waals surface area contributed by atoms with Crippen molar-refractivity contribution in [3.05, 3.63) is 70.5 Å². The fourth-order valence-electron chi connectivity index (χ4n) is 2.43. The lowest BCUT2D eigenvalue weighted by atomic mass is 10.1. The zero-order valence-corrected chi connectivity index (χ0v) is 17.1. The average molecular weight is 437 g/mol. The first kappa shape index (κ1) is 21.5. The van der Waals surface area contributed by atoms with Gasteiger partial charge in [-0.3, -0.25) is 0 Å². The number of aromatic nitrogens is 3. The molecule has 1 heterocycles. The van der Waals surface area contributed by atoms with Crippen LogP contribution in [0, 0.1) is 11.3 Å². The predicted octanol–water partition coefficient (Wildman–Crippen LogP) is 3.51. The number of carbonyl (C=O) groups is 1. The molecule has 0 saturated carbocycles. The Morgan fingerprint density at radius 2 is 1.87 bits per heavy atom. The molecule has 1 aromatic heterocycles. The normalized spacial score (nSPS) is 10.8. The van der Waals surface area contributed by atoms with Crippen molar-refractivity contribution in [3.8, 4) is 11.8 Å². The van der Waals surface area contributed by atoms with E-state index in [1.54, 1.807) is 55.6 Å². The van der Waals surface area contributed by atoms with Gasteiger partial charge in [0.05, 0.1) is 7.11 Å². The maximum absolute atomic E-state index is 12.3. The summed E-state index contributed by atoms with van der Waals surface area (Å²) >= 11 is 5.87. The van der Waals surface area contributed by atoms with Gasteiger partial charge in [0.25, 0.3) is 0 Å². The third kappa shape index (κ3) is 6.16. The van der Waals surface area contributed by atoms with Crippen LogP contribution in [0.1, 0.15) is 11.4 Å². The van der Waals surface area contributed by atoms with Gasteiger partial charge in [0.15, 0.2) is 12.4 Å². The maximum Gasteiger partial charge on any atom is 0.349 e. The first-order valence-electron chi connectivity index (χ1n) is 8.93. The van der Waals surface area contributed by atoms with Crippen molar-refractivity contribution < 1.29 is 14.3 Å². The molecule has 31 heavy (non-hydrogen) atoms. The van der Waals surface area contributed by atoms with E-state index < -0.39 is 5.97 Å². The molecule has 0 aliphatic carbocycles. The van der Waals surface area contributed by atoms with E-state index in [2.05, 4.69) is 20.3 Å². The Bertz CT molecular complexity index is 1140. The zero-order valence-electron chi connectivity index (χ0n) is 16.4. The summed E-state index contributed by atoms with van der Waals surface area (Å²) in [5, 5.41) is 12.9. The molecule has 156 valence electrons. The second-order valence-corrected chi connectivity index (χ2v) is 6.52. The van der Waals surface area contributed by atoms with Gasteiger partial charge in [-0.15, -0.1) is 0 Å². The Balaban J connectivity index is 1.68. The number of carbonyl (C=O) groups excluding carboxylic acids is 1. The van der Waals surface area contributed by atoms with Crippen molar-refractivity contribution in [2.45, 2.75) is 6.61 Å². The molecule has 0 atom stereocenters. The number of hydrogen-bond donors (Lipinski definition) is 2. The third-order valence-corrected chi connectivity index (χ3v) is 4.15. The topological polar surface area (TPSA) is 136 Å². The number of methoxy groups -OCH3 is 1. The number of hydrogen-bond acceptors (Lipinski definition) is 9. The van der Waals surface area contributed by atoms with Gasteiger partial charge in [0, 0.05) is 10.7 Å². The molecule has 0 spiro atoms. The first-order valence-corrected chi connectivity index (χ1v) is 9.30. The molecule has 0 bridgehead atoms.